The van der Waals surface area contributed by atoms with Crippen LogP contribution in [0.4, 0.5) is 0 Å². The van der Waals surface area contributed by atoms with E-state index in [4.69, 9.17) is 9.94 Å². The van der Waals surface area contributed by atoms with E-state index in [1.807, 2.05) is 49.4 Å². The predicted octanol–water partition coefficient (Wildman–Crippen LogP) is 5.28. The molecule has 0 saturated heterocycles. The van der Waals surface area contributed by atoms with Crippen LogP contribution in [0.15, 0.2) is 84.5 Å². The molecule has 0 spiro atoms. The molecule has 0 radical (unpaired) electrons. The Balaban J connectivity index is 1.57. The summed E-state index contributed by atoms with van der Waals surface area (Å²) in [6.07, 6.45) is 9.41. The van der Waals surface area contributed by atoms with Crippen molar-refractivity contribution in [3.8, 4) is 5.75 Å². The van der Waals surface area contributed by atoms with Crippen LogP contribution in [0.2, 0.25) is 0 Å². The highest BCUT2D eigenvalue weighted by atomic mass is 16.5. The largest absolute Gasteiger partial charge is 0.488 e. The Morgan fingerprint density at radius 2 is 1.86 bits per heavy atom. The van der Waals surface area contributed by atoms with Gasteiger partial charge in [0, 0.05) is 17.0 Å². The molecule has 6 heteroatoms. The summed E-state index contributed by atoms with van der Waals surface area (Å²) in [7, 11) is 0. The van der Waals surface area contributed by atoms with Crippen molar-refractivity contribution in [1.82, 2.24) is 10.8 Å². The summed E-state index contributed by atoms with van der Waals surface area (Å²) in [5.41, 5.74) is 3.16. The molecule has 0 heterocycles. The molecule has 2 amide bonds. The number of rotatable bonds is 8. The topological polar surface area (TPSA) is 87.7 Å². The van der Waals surface area contributed by atoms with Gasteiger partial charge in [0.2, 0.25) is 0 Å². The van der Waals surface area contributed by atoms with Gasteiger partial charge >= 0.3 is 0 Å². The second kappa shape index (κ2) is 11.5. The van der Waals surface area contributed by atoms with Crippen LogP contribution < -0.4 is 15.5 Å². The van der Waals surface area contributed by atoms with Gasteiger partial charge in [0.1, 0.15) is 12.4 Å². The van der Waals surface area contributed by atoms with E-state index in [-0.39, 0.29) is 18.6 Å². The lowest BCUT2D eigenvalue weighted by Gasteiger charge is -2.25. The van der Waals surface area contributed by atoms with Gasteiger partial charge in [-0.15, -0.1) is 0 Å². The first-order valence-electron chi connectivity index (χ1n) is 11.9. The highest BCUT2D eigenvalue weighted by Gasteiger charge is 2.21. The standard InChI is InChI=1S/C29H30N2O4/c1-20(22-8-3-2-4-9-22)30-28(32)25(18-21-14-16-24(17-15-21)29(33)31-34)19-35-27-13-7-11-23-10-5-6-12-26(23)27/h3,5-8,10-18,20,22,34H,2,4,9,19H2,1H3,(H,30,32)(H,31,33). The van der Waals surface area contributed by atoms with Crippen molar-refractivity contribution < 1.29 is 19.5 Å². The van der Waals surface area contributed by atoms with Crippen molar-refractivity contribution in [1.29, 1.82) is 0 Å². The van der Waals surface area contributed by atoms with Crippen LogP contribution >= 0.6 is 0 Å². The number of amides is 2. The van der Waals surface area contributed by atoms with Crippen molar-refractivity contribution in [2.45, 2.75) is 32.2 Å². The molecule has 0 bridgehead atoms. The predicted molar refractivity (Wildman–Crippen MR) is 137 cm³/mol. The number of nitrogens with one attached hydrogen (secondary N) is 2. The van der Waals surface area contributed by atoms with Gasteiger partial charge in [0.05, 0.1) is 5.57 Å². The Hall–Kier alpha value is -3.90. The summed E-state index contributed by atoms with van der Waals surface area (Å²) in [4.78, 5) is 25.0. The second-order valence-corrected chi connectivity index (χ2v) is 8.78. The highest BCUT2D eigenvalue weighted by molar-refractivity contribution is 5.99. The van der Waals surface area contributed by atoms with Gasteiger partial charge in [0.15, 0.2) is 0 Å². The number of allylic oxidation sites excluding steroid dienone is 1. The zero-order chi connectivity index (χ0) is 24.6. The molecule has 0 saturated carbocycles. The van der Waals surface area contributed by atoms with E-state index in [9.17, 15) is 9.59 Å². The van der Waals surface area contributed by atoms with E-state index in [1.165, 1.54) is 0 Å². The minimum atomic E-state index is -0.591. The fourth-order valence-corrected chi connectivity index (χ4v) is 4.31. The minimum Gasteiger partial charge on any atom is -0.488 e. The smallest absolute Gasteiger partial charge is 0.274 e. The summed E-state index contributed by atoms with van der Waals surface area (Å²) in [6, 6.07) is 20.4. The number of benzene rings is 3. The zero-order valence-electron chi connectivity index (χ0n) is 19.7. The third-order valence-electron chi connectivity index (χ3n) is 6.33. The molecule has 3 N–H and O–H groups in total. The number of hydroxylamine groups is 1. The Morgan fingerprint density at radius 1 is 1.09 bits per heavy atom. The lowest BCUT2D eigenvalue weighted by atomic mass is 9.90. The van der Waals surface area contributed by atoms with Gasteiger partial charge in [-0.1, -0.05) is 60.7 Å². The van der Waals surface area contributed by atoms with Gasteiger partial charge in [-0.25, -0.2) is 5.48 Å². The van der Waals surface area contributed by atoms with E-state index in [1.54, 1.807) is 35.8 Å². The Bertz CT molecular complexity index is 1240. The van der Waals surface area contributed by atoms with E-state index < -0.39 is 5.91 Å². The number of fused-ring (bicyclic) bond motifs is 1. The number of hydrogen-bond acceptors (Lipinski definition) is 4. The van der Waals surface area contributed by atoms with Crippen LogP contribution in [0.5, 0.6) is 5.75 Å². The second-order valence-electron chi connectivity index (χ2n) is 8.78. The molecule has 3 aromatic carbocycles. The van der Waals surface area contributed by atoms with Gasteiger partial charge < -0.3 is 10.1 Å². The van der Waals surface area contributed by atoms with Crippen molar-refractivity contribution in [3.05, 3.63) is 95.6 Å². The first-order valence-corrected chi connectivity index (χ1v) is 11.9. The van der Waals surface area contributed by atoms with Crippen LogP contribution in [0, 0.1) is 5.92 Å². The van der Waals surface area contributed by atoms with Gasteiger partial charge in [-0.3, -0.25) is 14.8 Å². The molecular weight excluding hydrogens is 440 g/mol. The zero-order valence-corrected chi connectivity index (χ0v) is 19.7. The lowest BCUT2D eigenvalue weighted by Crippen LogP contribution is -2.39. The lowest BCUT2D eigenvalue weighted by molar-refractivity contribution is -0.118. The normalized spacial score (nSPS) is 16.5. The van der Waals surface area contributed by atoms with Gasteiger partial charge in [0.25, 0.3) is 11.8 Å². The highest BCUT2D eigenvalue weighted by Crippen LogP contribution is 2.26. The summed E-state index contributed by atoms with van der Waals surface area (Å²) in [6.45, 7) is 2.12. The summed E-state index contributed by atoms with van der Waals surface area (Å²) in [5, 5.41) is 14.0. The van der Waals surface area contributed by atoms with Crippen molar-refractivity contribution >= 4 is 28.7 Å². The molecule has 2 unspecified atom stereocenters. The van der Waals surface area contributed by atoms with Crippen LogP contribution in [0.3, 0.4) is 0 Å². The molecule has 4 rings (SSSR count). The van der Waals surface area contributed by atoms with Crippen molar-refractivity contribution in [3.63, 3.8) is 0 Å². The molecule has 3 aromatic rings. The van der Waals surface area contributed by atoms with E-state index >= 15 is 0 Å². The summed E-state index contributed by atoms with van der Waals surface area (Å²) < 4.78 is 6.14. The average molecular weight is 471 g/mol. The first-order chi connectivity index (χ1) is 17.0. The van der Waals surface area contributed by atoms with Gasteiger partial charge in [-0.2, -0.15) is 0 Å². The SMILES string of the molecule is CC(NC(=O)C(=Cc1ccc(C(=O)NO)cc1)COc1cccc2ccccc12)C1C=CCCC1. The van der Waals surface area contributed by atoms with Crippen LogP contribution in [-0.2, 0) is 4.79 Å². The fourth-order valence-electron chi connectivity index (χ4n) is 4.31. The molecule has 1 aliphatic carbocycles. The van der Waals surface area contributed by atoms with E-state index in [0.29, 0.717) is 22.8 Å². The van der Waals surface area contributed by atoms with Crippen molar-refractivity contribution in [2.75, 3.05) is 6.61 Å². The number of ether oxygens (including phenoxy) is 1. The van der Waals surface area contributed by atoms with E-state index in [2.05, 4.69) is 17.5 Å². The molecule has 0 fully saturated rings. The molecule has 1 aliphatic rings. The summed E-state index contributed by atoms with van der Waals surface area (Å²) >= 11 is 0. The average Bonchev–Trinajstić information content (AvgIpc) is 2.91. The summed E-state index contributed by atoms with van der Waals surface area (Å²) in [5.74, 6) is 0.241. The Morgan fingerprint density at radius 3 is 2.60 bits per heavy atom. The minimum absolute atomic E-state index is 0.00404. The maximum Gasteiger partial charge on any atom is 0.274 e. The molecule has 0 aliphatic heterocycles. The maximum atomic E-state index is 13.3. The Labute approximate surface area is 205 Å². The number of carbonyl (C=O) groups is 2. The third-order valence-corrected chi connectivity index (χ3v) is 6.33. The molecule has 6 nitrogen and oxygen atoms in total. The van der Waals surface area contributed by atoms with Crippen LogP contribution in [0.25, 0.3) is 16.8 Å². The maximum absolute atomic E-state index is 13.3. The molecule has 0 aromatic heterocycles. The quantitative estimate of drug-likeness (QED) is 0.181. The monoisotopic (exact) mass is 470 g/mol. The third kappa shape index (κ3) is 6.16. The molecule has 35 heavy (non-hydrogen) atoms. The number of carbonyl (C=O) groups excluding carboxylic acids is 2. The molecular formula is C29H30N2O4. The molecule has 2 atom stereocenters. The van der Waals surface area contributed by atoms with Gasteiger partial charge in [-0.05, 0) is 67.3 Å². The fraction of sp³-hybridized carbons (Fsp3) is 0.241. The van der Waals surface area contributed by atoms with E-state index in [0.717, 1.165) is 35.6 Å². The molecule has 180 valence electrons. The number of hydrogen-bond donors (Lipinski definition) is 3. The van der Waals surface area contributed by atoms with Crippen LogP contribution in [0.1, 0.15) is 42.1 Å². The van der Waals surface area contributed by atoms with Crippen molar-refractivity contribution in [2.24, 2.45) is 5.92 Å². The Kier molecular flexibility index (Phi) is 7.95. The first kappa shape index (κ1) is 24.2. The van der Waals surface area contributed by atoms with Crippen LogP contribution in [-0.4, -0.2) is 29.7 Å².